The van der Waals surface area contributed by atoms with Crippen LogP contribution >= 0.6 is 11.6 Å². The van der Waals surface area contributed by atoms with Gasteiger partial charge in [0.2, 0.25) is 0 Å². The lowest BCUT2D eigenvalue weighted by molar-refractivity contribution is -0.131. The lowest BCUT2D eigenvalue weighted by Gasteiger charge is -2.41. The van der Waals surface area contributed by atoms with Gasteiger partial charge in [0.15, 0.2) is 11.6 Å². The van der Waals surface area contributed by atoms with Gasteiger partial charge in [-0.05, 0) is 50.2 Å². The third-order valence-corrected chi connectivity index (χ3v) is 9.89. The Morgan fingerprint density at radius 1 is 1.13 bits per heavy atom. The van der Waals surface area contributed by atoms with Gasteiger partial charge in [0.05, 0.1) is 30.5 Å². The van der Waals surface area contributed by atoms with E-state index in [4.69, 9.17) is 21.3 Å². The summed E-state index contributed by atoms with van der Waals surface area (Å²) in [7, 11) is 0. The molecule has 3 fully saturated rings. The second-order valence-corrected chi connectivity index (χ2v) is 13.2. The van der Waals surface area contributed by atoms with Crippen LogP contribution in [-0.2, 0) is 4.79 Å². The highest BCUT2D eigenvalue weighted by atomic mass is 35.5. The molecule has 9 nitrogen and oxygen atoms in total. The summed E-state index contributed by atoms with van der Waals surface area (Å²) in [4.78, 5) is 32.1. The summed E-state index contributed by atoms with van der Waals surface area (Å²) in [6, 6.07) is 12.5. The molecule has 0 bridgehead atoms. The standard InChI is InChI=1S/C35H34ClF2N7O2/c1-22(37)33(46)45-17-16-44(19-24(45)10-13-39)32-26-18-40-30(25-8-4-6-23-7-5-9-27(36)28(23)25)29(38)31(26)41-34(42-32)47-21-35(11-12-35)20-43-14-2-3-15-43/h4-9,18,24H,1-3,10-12,14-17,19-21H2/t24-/m0/s1. The van der Waals surface area contributed by atoms with E-state index < -0.39 is 23.6 Å². The normalized spacial score (nSPS) is 19.2. The Morgan fingerprint density at radius 2 is 1.89 bits per heavy atom. The molecule has 1 saturated carbocycles. The number of piperazine rings is 1. The Hall–Kier alpha value is -4.40. The van der Waals surface area contributed by atoms with Gasteiger partial charge in [-0.15, -0.1) is 0 Å². The van der Waals surface area contributed by atoms with Gasteiger partial charge in [-0.25, -0.2) is 8.78 Å². The van der Waals surface area contributed by atoms with E-state index in [1.54, 1.807) is 18.3 Å². The van der Waals surface area contributed by atoms with Gasteiger partial charge in [0, 0.05) is 53.8 Å². The lowest BCUT2D eigenvalue weighted by atomic mass is 10.0. The Morgan fingerprint density at radius 3 is 2.62 bits per heavy atom. The molecule has 242 valence electrons. The van der Waals surface area contributed by atoms with Gasteiger partial charge in [-0.3, -0.25) is 9.78 Å². The van der Waals surface area contributed by atoms with Gasteiger partial charge in [-0.2, -0.15) is 15.2 Å². The number of amides is 1. The molecular formula is C35H34ClF2N7O2. The van der Waals surface area contributed by atoms with Crippen LogP contribution in [0.1, 0.15) is 32.1 Å². The number of rotatable bonds is 9. The number of nitriles is 1. The molecule has 0 N–H and O–H groups in total. The highest BCUT2D eigenvalue weighted by Crippen LogP contribution is 2.47. The molecule has 0 radical (unpaired) electrons. The van der Waals surface area contributed by atoms with Crippen LogP contribution in [0.3, 0.4) is 0 Å². The van der Waals surface area contributed by atoms with E-state index in [1.165, 1.54) is 17.7 Å². The first-order chi connectivity index (χ1) is 22.8. The summed E-state index contributed by atoms with van der Waals surface area (Å²) in [5, 5.41) is 11.9. The van der Waals surface area contributed by atoms with Gasteiger partial charge in [0.25, 0.3) is 5.91 Å². The molecular weight excluding hydrogens is 624 g/mol. The van der Waals surface area contributed by atoms with Crippen LogP contribution in [0.2, 0.25) is 5.02 Å². The zero-order chi connectivity index (χ0) is 32.7. The minimum atomic E-state index is -1.08. The fourth-order valence-corrected chi connectivity index (χ4v) is 7.20. The molecule has 2 aliphatic heterocycles. The predicted octanol–water partition coefficient (Wildman–Crippen LogP) is 6.31. The van der Waals surface area contributed by atoms with Crippen molar-refractivity contribution in [1.29, 1.82) is 5.26 Å². The second-order valence-electron chi connectivity index (χ2n) is 12.8. The Bertz CT molecular complexity index is 1920. The first-order valence-electron chi connectivity index (χ1n) is 15.9. The van der Waals surface area contributed by atoms with Crippen LogP contribution in [0.4, 0.5) is 14.6 Å². The van der Waals surface area contributed by atoms with Crippen LogP contribution in [0.25, 0.3) is 32.9 Å². The molecule has 1 amide bonds. The molecule has 1 atom stereocenters. The number of hydrogen-bond donors (Lipinski definition) is 0. The van der Waals surface area contributed by atoms with Crippen LogP contribution in [0.5, 0.6) is 6.01 Å². The van der Waals surface area contributed by atoms with Gasteiger partial charge in [0.1, 0.15) is 17.0 Å². The number of nitrogens with zero attached hydrogens (tertiary/aromatic N) is 7. The zero-order valence-electron chi connectivity index (χ0n) is 25.9. The van der Waals surface area contributed by atoms with Gasteiger partial charge < -0.3 is 19.4 Å². The maximum absolute atomic E-state index is 16.7. The molecule has 12 heteroatoms. The second kappa shape index (κ2) is 12.7. The number of carbonyl (C=O) groups excluding carboxylic acids is 1. The molecule has 0 unspecified atom stereocenters. The fraction of sp³-hybridized carbons (Fsp3) is 0.400. The summed E-state index contributed by atoms with van der Waals surface area (Å²) in [5.74, 6) is -2.20. The van der Waals surface area contributed by atoms with Crippen molar-refractivity contribution in [3.63, 3.8) is 0 Å². The number of hydrogen-bond acceptors (Lipinski definition) is 8. The molecule has 4 heterocycles. The molecule has 0 spiro atoms. The summed E-state index contributed by atoms with van der Waals surface area (Å²) in [6.45, 7) is 7.23. The van der Waals surface area contributed by atoms with Gasteiger partial charge in [-0.1, -0.05) is 48.5 Å². The molecule has 2 aromatic carbocycles. The van der Waals surface area contributed by atoms with Crippen LogP contribution in [0.15, 0.2) is 55.0 Å². The number of benzene rings is 2. The summed E-state index contributed by atoms with van der Waals surface area (Å²) in [5.41, 5.74) is 0.684. The SMILES string of the molecule is C=C(F)C(=O)N1CCN(c2nc(OCC3(CN4CCCC4)CC3)nc3c(F)c(-c4cccc5cccc(Cl)c45)ncc23)C[C@@H]1CC#N. The van der Waals surface area contributed by atoms with Crippen molar-refractivity contribution < 1.29 is 18.3 Å². The van der Waals surface area contributed by atoms with Crippen molar-refractivity contribution in [2.24, 2.45) is 5.41 Å². The Balaban J connectivity index is 1.29. The van der Waals surface area contributed by atoms with Crippen molar-refractivity contribution >= 4 is 45.0 Å². The summed E-state index contributed by atoms with van der Waals surface area (Å²) in [6.07, 6.45) is 6.01. The number of fused-ring (bicyclic) bond motifs is 2. The quantitative estimate of drug-likeness (QED) is 0.193. The lowest BCUT2D eigenvalue weighted by Crippen LogP contribution is -2.55. The highest BCUT2D eigenvalue weighted by Gasteiger charge is 2.45. The van der Waals surface area contributed by atoms with Crippen LogP contribution < -0.4 is 9.64 Å². The minimum Gasteiger partial charge on any atom is -0.463 e. The number of halogens is 3. The number of carbonyl (C=O) groups is 1. The molecule has 3 aliphatic rings. The topological polar surface area (TPSA) is 98.5 Å². The van der Waals surface area contributed by atoms with Crippen LogP contribution in [0, 0.1) is 22.6 Å². The number of likely N-dealkylation sites (tertiary alicyclic amines) is 1. The smallest absolute Gasteiger partial charge is 0.319 e. The monoisotopic (exact) mass is 657 g/mol. The Labute approximate surface area is 276 Å². The van der Waals surface area contributed by atoms with E-state index in [1.807, 2.05) is 29.2 Å². The number of aromatic nitrogens is 3. The van der Waals surface area contributed by atoms with Crippen molar-refractivity contribution in [3.8, 4) is 23.3 Å². The summed E-state index contributed by atoms with van der Waals surface area (Å²) < 4.78 is 36.9. The van der Waals surface area contributed by atoms with E-state index >= 15 is 4.39 Å². The van der Waals surface area contributed by atoms with E-state index in [9.17, 15) is 14.4 Å². The first kappa shape index (κ1) is 31.2. The molecule has 4 aromatic rings. The number of ether oxygens (including phenoxy) is 1. The average molecular weight is 658 g/mol. The maximum atomic E-state index is 16.7. The minimum absolute atomic E-state index is 0.0170. The fourth-order valence-electron chi connectivity index (χ4n) is 6.92. The van der Waals surface area contributed by atoms with E-state index in [0.717, 1.165) is 37.9 Å². The largest absolute Gasteiger partial charge is 0.463 e. The van der Waals surface area contributed by atoms with Gasteiger partial charge >= 0.3 is 6.01 Å². The maximum Gasteiger partial charge on any atom is 0.319 e. The van der Waals surface area contributed by atoms with Crippen molar-refractivity contribution in [2.45, 2.75) is 38.1 Å². The molecule has 47 heavy (non-hydrogen) atoms. The third-order valence-electron chi connectivity index (χ3n) is 9.58. The molecule has 2 aromatic heterocycles. The van der Waals surface area contributed by atoms with Crippen molar-refractivity contribution in [3.05, 3.63) is 65.8 Å². The van der Waals surface area contributed by atoms with Crippen molar-refractivity contribution in [2.75, 3.05) is 50.8 Å². The number of anilines is 1. The Kier molecular flexibility index (Phi) is 8.41. The van der Waals surface area contributed by atoms with E-state index in [2.05, 4.69) is 27.5 Å². The van der Waals surface area contributed by atoms with Crippen molar-refractivity contribution in [1.82, 2.24) is 24.8 Å². The third kappa shape index (κ3) is 6.08. The summed E-state index contributed by atoms with van der Waals surface area (Å²) >= 11 is 6.59. The molecule has 7 rings (SSSR count). The van der Waals surface area contributed by atoms with E-state index in [-0.39, 0.29) is 48.7 Å². The predicted molar refractivity (Wildman–Crippen MR) is 176 cm³/mol. The molecule has 1 aliphatic carbocycles. The number of pyridine rings is 1. The van der Waals surface area contributed by atoms with Crippen LogP contribution in [-0.4, -0.2) is 82.6 Å². The highest BCUT2D eigenvalue weighted by molar-refractivity contribution is 6.36. The molecule has 2 saturated heterocycles. The van der Waals surface area contributed by atoms with E-state index in [0.29, 0.717) is 33.8 Å². The average Bonchev–Trinajstić information content (AvgIpc) is 3.64. The first-order valence-corrected chi connectivity index (χ1v) is 16.3. The zero-order valence-corrected chi connectivity index (χ0v) is 26.6.